The maximum atomic E-state index is 11.5. The van der Waals surface area contributed by atoms with E-state index in [-0.39, 0.29) is 6.54 Å². The fourth-order valence-electron chi connectivity index (χ4n) is 1.33. The van der Waals surface area contributed by atoms with Gasteiger partial charge >= 0.3 is 11.8 Å². The molecule has 0 aliphatic rings. The molecule has 0 aliphatic carbocycles. The summed E-state index contributed by atoms with van der Waals surface area (Å²) in [6, 6.07) is 6.84. The molecule has 0 fully saturated rings. The summed E-state index contributed by atoms with van der Waals surface area (Å²) in [5.74, 6) is -1.14. The van der Waals surface area contributed by atoms with Crippen molar-refractivity contribution in [2.24, 2.45) is 5.10 Å². The Bertz CT molecular complexity index is 593. The quantitative estimate of drug-likeness (QED) is 0.479. The molecule has 0 spiro atoms. The highest BCUT2D eigenvalue weighted by molar-refractivity contribution is 6.35. The minimum Gasteiger partial charge on any atom is -0.463 e. The van der Waals surface area contributed by atoms with Crippen molar-refractivity contribution in [1.29, 1.82) is 0 Å². The van der Waals surface area contributed by atoms with E-state index in [4.69, 9.17) is 4.42 Å². The first-order chi connectivity index (χ1) is 9.75. The largest absolute Gasteiger partial charge is 0.463 e. The minimum atomic E-state index is -0.845. The van der Waals surface area contributed by atoms with Gasteiger partial charge in [0.25, 0.3) is 0 Å². The van der Waals surface area contributed by atoms with Crippen molar-refractivity contribution in [3.05, 3.63) is 54.2 Å². The molecule has 20 heavy (non-hydrogen) atoms. The molecule has 2 N–H and O–H groups in total. The maximum absolute atomic E-state index is 11.5. The minimum absolute atomic E-state index is 0.247. The molecular weight excluding hydrogens is 260 g/mol. The molecular formula is C13H12N4O3. The zero-order valence-electron chi connectivity index (χ0n) is 10.4. The van der Waals surface area contributed by atoms with E-state index in [1.54, 1.807) is 36.7 Å². The van der Waals surface area contributed by atoms with Gasteiger partial charge in [-0.05, 0) is 29.8 Å². The number of carbonyl (C=O) groups excluding carboxylic acids is 2. The Hall–Kier alpha value is -2.96. The summed E-state index contributed by atoms with van der Waals surface area (Å²) in [5.41, 5.74) is 2.95. The van der Waals surface area contributed by atoms with Crippen LogP contribution in [0.25, 0.3) is 0 Å². The first kappa shape index (κ1) is 13.5. The third kappa shape index (κ3) is 4.05. The molecule has 0 aliphatic heterocycles. The van der Waals surface area contributed by atoms with E-state index >= 15 is 0 Å². The van der Waals surface area contributed by atoms with E-state index in [0.29, 0.717) is 5.76 Å². The fraction of sp³-hybridized carbons (Fsp3) is 0.0769. The van der Waals surface area contributed by atoms with Crippen LogP contribution in [0.4, 0.5) is 0 Å². The van der Waals surface area contributed by atoms with E-state index in [1.807, 2.05) is 0 Å². The van der Waals surface area contributed by atoms with Crippen LogP contribution in [0.2, 0.25) is 0 Å². The van der Waals surface area contributed by atoms with E-state index in [9.17, 15) is 9.59 Å². The Morgan fingerprint density at radius 1 is 1.25 bits per heavy atom. The molecule has 0 saturated carbocycles. The third-order valence-corrected chi connectivity index (χ3v) is 2.31. The van der Waals surface area contributed by atoms with Crippen LogP contribution >= 0.6 is 0 Å². The summed E-state index contributed by atoms with van der Waals surface area (Å²) in [6.07, 6.45) is 5.99. The second kappa shape index (κ2) is 6.83. The average Bonchev–Trinajstić information content (AvgIpc) is 2.99. The summed E-state index contributed by atoms with van der Waals surface area (Å²) in [7, 11) is 0. The average molecular weight is 272 g/mol. The van der Waals surface area contributed by atoms with Crippen LogP contribution in [0, 0.1) is 0 Å². The number of amides is 2. The predicted octanol–water partition coefficient (Wildman–Crippen LogP) is 0.441. The van der Waals surface area contributed by atoms with Gasteiger partial charge in [-0.2, -0.15) is 5.10 Å². The topological polar surface area (TPSA) is 96.6 Å². The molecule has 0 bridgehead atoms. The number of carbonyl (C=O) groups is 2. The van der Waals surface area contributed by atoms with Gasteiger partial charge in [-0.3, -0.25) is 14.6 Å². The Labute approximate surface area is 114 Å². The molecule has 2 amide bonds. The first-order valence-electron chi connectivity index (χ1n) is 5.79. The third-order valence-electron chi connectivity index (χ3n) is 2.31. The summed E-state index contributed by atoms with van der Waals surface area (Å²) < 4.78 is 4.97. The number of pyridine rings is 1. The van der Waals surface area contributed by atoms with Gasteiger partial charge in [0.2, 0.25) is 0 Å². The number of hydrogen-bond donors (Lipinski definition) is 2. The molecule has 2 aromatic heterocycles. The highest BCUT2D eigenvalue weighted by Crippen LogP contribution is 1.95. The molecule has 7 nitrogen and oxygen atoms in total. The molecule has 102 valence electrons. The second-order valence-corrected chi connectivity index (χ2v) is 3.75. The standard InChI is InChI=1S/C13H12N4O3/c18-12(15-8-10-3-5-14-6-4-10)13(19)17-16-9-11-2-1-7-20-11/h1-7,9H,8H2,(H,15,18)(H,17,19)/b16-9-. The lowest BCUT2D eigenvalue weighted by Crippen LogP contribution is -2.37. The Morgan fingerprint density at radius 3 is 2.75 bits per heavy atom. The molecule has 2 heterocycles. The van der Waals surface area contributed by atoms with Crippen LogP contribution in [-0.2, 0) is 16.1 Å². The van der Waals surface area contributed by atoms with Crippen molar-refractivity contribution in [2.75, 3.05) is 0 Å². The van der Waals surface area contributed by atoms with Crippen LogP contribution in [0.5, 0.6) is 0 Å². The zero-order valence-corrected chi connectivity index (χ0v) is 10.4. The number of nitrogens with zero attached hydrogens (tertiary/aromatic N) is 2. The number of furan rings is 1. The Morgan fingerprint density at radius 2 is 2.05 bits per heavy atom. The number of hydrazone groups is 1. The lowest BCUT2D eigenvalue weighted by molar-refractivity contribution is -0.139. The lowest BCUT2D eigenvalue weighted by atomic mass is 10.3. The molecule has 0 aromatic carbocycles. The summed E-state index contributed by atoms with van der Waals surface area (Å²) in [4.78, 5) is 26.7. The smallest absolute Gasteiger partial charge is 0.329 e. The molecule has 7 heteroatoms. The van der Waals surface area contributed by atoms with Crippen molar-refractivity contribution in [3.63, 3.8) is 0 Å². The number of rotatable bonds is 4. The van der Waals surface area contributed by atoms with E-state index in [2.05, 4.69) is 20.8 Å². The Balaban J connectivity index is 1.76. The highest BCUT2D eigenvalue weighted by Gasteiger charge is 2.11. The Kier molecular flexibility index (Phi) is 4.60. The molecule has 0 saturated heterocycles. The highest BCUT2D eigenvalue weighted by atomic mass is 16.3. The van der Waals surface area contributed by atoms with Crippen LogP contribution in [0.1, 0.15) is 11.3 Å². The molecule has 0 radical (unpaired) electrons. The molecule has 2 rings (SSSR count). The van der Waals surface area contributed by atoms with E-state index < -0.39 is 11.8 Å². The van der Waals surface area contributed by atoms with Gasteiger partial charge in [0, 0.05) is 18.9 Å². The number of nitrogens with one attached hydrogen (secondary N) is 2. The summed E-state index contributed by atoms with van der Waals surface area (Å²) in [5, 5.41) is 6.07. The van der Waals surface area contributed by atoms with Gasteiger partial charge in [0.15, 0.2) is 0 Å². The summed E-state index contributed by atoms with van der Waals surface area (Å²) >= 11 is 0. The van der Waals surface area contributed by atoms with Crippen LogP contribution in [0.3, 0.4) is 0 Å². The fourth-order valence-corrected chi connectivity index (χ4v) is 1.33. The SMILES string of the molecule is O=C(NCc1ccncc1)C(=O)N/N=C\c1ccco1. The second-order valence-electron chi connectivity index (χ2n) is 3.75. The van der Waals surface area contributed by atoms with Gasteiger partial charge in [-0.1, -0.05) is 0 Å². The van der Waals surface area contributed by atoms with E-state index in [0.717, 1.165) is 5.56 Å². The van der Waals surface area contributed by atoms with Crippen molar-refractivity contribution in [1.82, 2.24) is 15.7 Å². The van der Waals surface area contributed by atoms with Crippen LogP contribution in [0.15, 0.2) is 52.4 Å². The van der Waals surface area contributed by atoms with Gasteiger partial charge in [0.05, 0.1) is 12.5 Å². The van der Waals surface area contributed by atoms with Gasteiger partial charge in [-0.15, -0.1) is 0 Å². The van der Waals surface area contributed by atoms with Crippen LogP contribution in [-0.4, -0.2) is 23.0 Å². The van der Waals surface area contributed by atoms with Gasteiger partial charge < -0.3 is 9.73 Å². The van der Waals surface area contributed by atoms with Crippen molar-refractivity contribution in [3.8, 4) is 0 Å². The van der Waals surface area contributed by atoms with Gasteiger partial charge in [-0.25, -0.2) is 5.43 Å². The van der Waals surface area contributed by atoms with E-state index in [1.165, 1.54) is 12.5 Å². The summed E-state index contributed by atoms with van der Waals surface area (Å²) in [6.45, 7) is 0.247. The maximum Gasteiger partial charge on any atom is 0.329 e. The molecule has 2 aromatic rings. The molecule has 0 atom stereocenters. The monoisotopic (exact) mass is 272 g/mol. The number of aromatic nitrogens is 1. The predicted molar refractivity (Wildman–Crippen MR) is 70.5 cm³/mol. The normalized spacial score (nSPS) is 10.4. The van der Waals surface area contributed by atoms with Crippen LogP contribution < -0.4 is 10.7 Å². The lowest BCUT2D eigenvalue weighted by Gasteiger charge is -2.03. The van der Waals surface area contributed by atoms with Crippen molar-refractivity contribution in [2.45, 2.75) is 6.54 Å². The van der Waals surface area contributed by atoms with Crippen molar-refractivity contribution >= 4 is 18.0 Å². The zero-order chi connectivity index (χ0) is 14.2. The van der Waals surface area contributed by atoms with Crippen molar-refractivity contribution < 1.29 is 14.0 Å². The molecule has 0 unspecified atom stereocenters. The van der Waals surface area contributed by atoms with Gasteiger partial charge in [0.1, 0.15) is 5.76 Å². The number of hydrogen-bond acceptors (Lipinski definition) is 5. The first-order valence-corrected chi connectivity index (χ1v) is 5.79.